The highest BCUT2D eigenvalue weighted by molar-refractivity contribution is 6.28. The zero-order chi connectivity index (χ0) is 13.0. The summed E-state index contributed by atoms with van der Waals surface area (Å²) in [4.78, 5) is 11.7. The predicted octanol–water partition coefficient (Wildman–Crippen LogP) is 2.67. The second kappa shape index (κ2) is 5.64. The van der Waals surface area contributed by atoms with Gasteiger partial charge in [0.25, 0.3) is 0 Å². The van der Waals surface area contributed by atoms with E-state index in [4.69, 9.17) is 17.3 Å². The Kier molecular flexibility index (Phi) is 3.94. The molecule has 0 radical (unpaired) electrons. The second-order valence-electron chi connectivity index (χ2n) is 3.80. The summed E-state index contributed by atoms with van der Waals surface area (Å²) in [7, 11) is 0. The molecular formula is C12H14ClN5. The van der Waals surface area contributed by atoms with E-state index in [2.05, 4.69) is 27.2 Å². The molecular weight excluding hydrogens is 250 g/mol. The first-order valence-corrected chi connectivity index (χ1v) is 6.05. The molecule has 0 spiro atoms. The summed E-state index contributed by atoms with van der Waals surface area (Å²) in [5, 5.41) is 3.29. The highest BCUT2D eigenvalue weighted by Crippen LogP contribution is 2.20. The molecule has 18 heavy (non-hydrogen) atoms. The Labute approximate surface area is 110 Å². The maximum atomic E-state index is 5.74. The molecule has 1 aromatic heterocycles. The minimum absolute atomic E-state index is 0.0907. The number of anilines is 2. The van der Waals surface area contributed by atoms with Crippen LogP contribution in [0.15, 0.2) is 30.3 Å². The molecule has 0 amide bonds. The third-order valence-electron chi connectivity index (χ3n) is 2.54. The summed E-state index contributed by atoms with van der Waals surface area (Å²) in [5.41, 5.74) is 6.69. The van der Waals surface area contributed by atoms with E-state index >= 15 is 0 Å². The van der Waals surface area contributed by atoms with Gasteiger partial charge in [0.05, 0.1) is 6.04 Å². The highest BCUT2D eigenvalue weighted by atomic mass is 35.5. The molecule has 6 heteroatoms. The van der Waals surface area contributed by atoms with Crippen LogP contribution in [0.1, 0.15) is 24.9 Å². The molecule has 0 aliphatic rings. The topological polar surface area (TPSA) is 76.7 Å². The maximum absolute atomic E-state index is 5.74. The Morgan fingerprint density at radius 1 is 1.22 bits per heavy atom. The van der Waals surface area contributed by atoms with Gasteiger partial charge in [-0.3, -0.25) is 0 Å². The fourth-order valence-corrected chi connectivity index (χ4v) is 1.86. The minimum Gasteiger partial charge on any atom is -0.368 e. The normalized spacial score (nSPS) is 12.1. The van der Waals surface area contributed by atoms with Gasteiger partial charge in [0, 0.05) is 0 Å². The molecule has 0 bridgehead atoms. The van der Waals surface area contributed by atoms with E-state index in [9.17, 15) is 0 Å². The van der Waals surface area contributed by atoms with E-state index < -0.39 is 0 Å². The number of benzene rings is 1. The third kappa shape index (κ3) is 3.07. The van der Waals surface area contributed by atoms with Gasteiger partial charge in [-0.1, -0.05) is 37.3 Å². The lowest BCUT2D eigenvalue weighted by Gasteiger charge is -2.17. The monoisotopic (exact) mass is 263 g/mol. The first kappa shape index (κ1) is 12.6. The van der Waals surface area contributed by atoms with E-state index in [0.717, 1.165) is 12.0 Å². The van der Waals surface area contributed by atoms with Crippen molar-refractivity contribution in [1.29, 1.82) is 0 Å². The number of aromatic nitrogens is 3. The van der Waals surface area contributed by atoms with Crippen molar-refractivity contribution in [2.75, 3.05) is 11.1 Å². The lowest BCUT2D eigenvalue weighted by molar-refractivity contribution is 0.737. The molecule has 1 unspecified atom stereocenters. The van der Waals surface area contributed by atoms with Crippen LogP contribution in [0.3, 0.4) is 0 Å². The van der Waals surface area contributed by atoms with Crippen LogP contribution in [0, 0.1) is 0 Å². The predicted molar refractivity (Wildman–Crippen MR) is 72.3 cm³/mol. The Hall–Kier alpha value is -1.88. The van der Waals surface area contributed by atoms with Crippen LogP contribution in [-0.4, -0.2) is 15.0 Å². The molecule has 0 saturated heterocycles. The van der Waals surface area contributed by atoms with Crippen molar-refractivity contribution in [3.8, 4) is 0 Å². The number of rotatable bonds is 4. The summed E-state index contributed by atoms with van der Waals surface area (Å²) in [6.45, 7) is 2.08. The molecule has 94 valence electrons. The van der Waals surface area contributed by atoms with Gasteiger partial charge in [-0.2, -0.15) is 15.0 Å². The minimum atomic E-state index is 0.0907. The number of nitrogens with two attached hydrogens (primary N) is 1. The molecule has 0 fully saturated rings. The smallest absolute Gasteiger partial charge is 0.229 e. The molecule has 2 rings (SSSR count). The molecule has 0 saturated carbocycles. The van der Waals surface area contributed by atoms with Crippen LogP contribution < -0.4 is 11.1 Å². The molecule has 0 aliphatic heterocycles. The Morgan fingerprint density at radius 2 is 1.94 bits per heavy atom. The van der Waals surface area contributed by atoms with Crippen LogP contribution in [0.4, 0.5) is 11.9 Å². The summed E-state index contributed by atoms with van der Waals surface area (Å²) in [5.74, 6) is 0.503. The quantitative estimate of drug-likeness (QED) is 0.887. The lowest BCUT2D eigenvalue weighted by Crippen LogP contribution is -2.13. The summed E-state index contributed by atoms with van der Waals surface area (Å²) < 4.78 is 0. The Morgan fingerprint density at radius 3 is 2.56 bits per heavy atom. The van der Waals surface area contributed by atoms with Crippen LogP contribution in [0.2, 0.25) is 5.28 Å². The maximum Gasteiger partial charge on any atom is 0.229 e. The summed E-state index contributed by atoms with van der Waals surface area (Å²) in [6.07, 6.45) is 0.896. The summed E-state index contributed by atoms with van der Waals surface area (Å²) in [6, 6.07) is 10.2. The molecule has 0 aliphatic carbocycles. The Bertz CT molecular complexity index is 497. The van der Waals surface area contributed by atoms with E-state index in [0.29, 0.717) is 5.95 Å². The number of nitrogen functional groups attached to an aromatic ring is 1. The van der Waals surface area contributed by atoms with Crippen LogP contribution in [-0.2, 0) is 0 Å². The van der Waals surface area contributed by atoms with Crippen molar-refractivity contribution >= 4 is 23.5 Å². The third-order valence-corrected chi connectivity index (χ3v) is 2.71. The van der Waals surface area contributed by atoms with E-state index in [-0.39, 0.29) is 17.3 Å². The largest absolute Gasteiger partial charge is 0.368 e. The van der Waals surface area contributed by atoms with Gasteiger partial charge >= 0.3 is 0 Å². The highest BCUT2D eigenvalue weighted by Gasteiger charge is 2.11. The van der Waals surface area contributed by atoms with E-state index in [1.54, 1.807) is 0 Å². The second-order valence-corrected chi connectivity index (χ2v) is 4.14. The van der Waals surface area contributed by atoms with Crippen molar-refractivity contribution in [1.82, 2.24) is 15.0 Å². The van der Waals surface area contributed by atoms with Crippen molar-refractivity contribution in [3.05, 3.63) is 41.2 Å². The van der Waals surface area contributed by atoms with Crippen molar-refractivity contribution in [3.63, 3.8) is 0 Å². The SMILES string of the molecule is CCC(Nc1nc(N)nc(Cl)n1)c1ccccc1. The van der Waals surface area contributed by atoms with Crippen LogP contribution >= 0.6 is 11.6 Å². The fraction of sp³-hybridized carbons (Fsp3) is 0.250. The van der Waals surface area contributed by atoms with Gasteiger partial charge in [0.1, 0.15) is 0 Å². The zero-order valence-electron chi connectivity index (χ0n) is 9.97. The molecule has 3 N–H and O–H groups in total. The molecule has 2 aromatic rings. The number of nitrogens with zero attached hydrogens (tertiary/aromatic N) is 3. The van der Waals surface area contributed by atoms with Gasteiger partial charge in [0.2, 0.25) is 17.2 Å². The molecule has 1 atom stereocenters. The van der Waals surface area contributed by atoms with Crippen molar-refractivity contribution in [2.45, 2.75) is 19.4 Å². The average Bonchev–Trinajstić information content (AvgIpc) is 2.36. The van der Waals surface area contributed by atoms with Crippen molar-refractivity contribution < 1.29 is 0 Å². The number of nitrogens with one attached hydrogen (secondary N) is 1. The van der Waals surface area contributed by atoms with E-state index in [1.165, 1.54) is 0 Å². The first-order valence-electron chi connectivity index (χ1n) is 5.67. The van der Waals surface area contributed by atoms with Gasteiger partial charge in [-0.05, 0) is 23.6 Å². The van der Waals surface area contributed by atoms with Crippen LogP contribution in [0.5, 0.6) is 0 Å². The van der Waals surface area contributed by atoms with Gasteiger partial charge < -0.3 is 11.1 Å². The standard InChI is InChI=1S/C12H14ClN5/c1-2-9(8-6-4-3-5-7-8)15-12-17-10(13)16-11(14)18-12/h3-7,9H,2H2,1H3,(H3,14,15,16,17,18). The fourth-order valence-electron chi connectivity index (χ4n) is 1.69. The van der Waals surface area contributed by atoms with Gasteiger partial charge in [-0.15, -0.1) is 0 Å². The Balaban J connectivity index is 2.20. The van der Waals surface area contributed by atoms with Gasteiger partial charge in [-0.25, -0.2) is 0 Å². The van der Waals surface area contributed by atoms with Crippen LogP contribution in [0.25, 0.3) is 0 Å². The average molecular weight is 264 g/mol. The molecule has 5 nitrogen and oxygen atoms in total. The molecule has 1 heterocycles. The molecule has 1 aromatic carbocycles. The summed E-state index contributed by atoms with van der Waals surface area (Å²) >= 11 is 5.74. The van der Waals surface area contributed by atoms with E-state index in [1.807, 2.05) is 30.3 Å². The number of hydrogen-bond donors (Lipinski definition) is 2. The first-order chi connectivity index (χ1) is 8.69. The van der Waals surface area contributed by atoms with Crippen molar-refractivity contribution in [2.24, 2.45) is 0 Å². The number of hydrogen-bond acceptors (Lipinski definition) is 5. The zero-order valence-corrected chi connectivity index (χ0v) is 10.7. The number of halogens is 1. The van der Waals surface area contributed by atoms with Gasteiger partial charge in [0.15, 0.2) is 0 Å². The lowest BCUT2D eigenvalue weighted by atomic mass is 10.1.